The van der Waals surface area contributed by atoms with Crippen LogP contribution in [0.2, 0.25) is 0 Å². The minimum absolute atomic E-state index is 0.176. The molecule has 3 heteroatoms. The molecule has 0 aromatic heterocycles. The second-order valence-corrected chi connectivity index (χ2v) is 3.39. The number of aliphatic hydroxyl groups is 1. The number of aliphatic hydroxyl groups excluding tert-OH is 1. The molecule has 1 aliphatic rings. The molecular weight excluding hydrogens is 180 g/mol. The summed E-state index contributed by atoms with van der Waals surface area (Å²) in [5.41, 5.74) is 1.10. The second kappa shape index (κ2) is 4.44. The fourth-order valence-corrected chi connectivity index (χ4v) is 1.27. The Morgan fingerprint density at radius 3 is 3.07 bits per heavy atom. The first-order chi connectivity index (χ1) is 6.88. The molecule has 3 nitrogen and oxygen atoms in total. The molecule has 0 radical (unpaired) electrons. The zero-order valence-corrected chi connectivity index (χ0v) is 7.98. The molecule has 1 unspecified atom stereocenters. The summed E-state index contributed by atoms with van der Waals surface area (Å²) in [5.74, 6) is 0.853. The lowest BCUT2D eigenvalue weighted by Gasteiger charge is -2.05. The molecule has 0 amide bonds. The Hall–Kier alpha value is -1.06. The third-order valence-electron chi connectivity index (χ3n) is 2.14. The van der Waals surface area contributed by atoms with Crippen molar-refractivity contribution in [1.82, 2.24) is 0 Å². The predicted octanol–water partition coefficient (Wildman–Crippen LogP) is 0.999. The average Bonchev–Trinajstić information content (AvgIpc) is 2.99. The standard InChI is InChI=1S/C11H14O3/c12-5-4-9-2-1-3-10(6-9)13-7-11-8-14-11/h1-3,6,11-12H,4-5,7-8H2. The van der Waals surface area contributed by atoms with Gasteiger partial charge in [0.1, 0.15) is 18.5 Å². The Morgan fingerprint density at radius 2 is 2.36 bits per heavy atom. The van der Waals surface area contributed by atoms with Crippen LogP contribution < -0.4 is 4.74 Å². The fourth-order valence-electron chi connectivity index (χ4n) is 1.27. The van der Waals surface area contributed by atoms with Crippen molar-refractivity contribution < 1.29 is 14.6 Å². The Morgan fingerprint density at radius 1 is 1.50 bits per heavy atom. The molecule has 14 heavy (non-hydrogen) atoms. The molecule has 1 atom stereocenters. The minimum atomic E-state index is 0.176. The van der Waals surface area contributed by atoms with Crippen molar-refractivity contribution in [2.75, 3.05) is 19.8 Å². The predicted molar refractivity (Wildman–Crippen MR) is 52.5 cm³/mol. The molecule has 1 heterocycles. The van der Waals surface area contributed by atoms with Crippen molar-refractivity contribution in [2.24, 2.45) is 0 Å². The van der Waals surface area contributed by atoms with Gasteiger partial charge in [-0.2, -0.15) is 0 Å². The van der Waals surface area contributed by atoms with Crippen LogP contribution in [0.25, 0.3) is 0 Å². The van der Waals surface area contributed by atoms with Crippen LogP contribution in [0.5, 0.6) is 5.75 Å². The topological polar surface area (TPSA) is 42.0 Å². The van der Waals surface area contributed by atoms with Gasteiger partial charge in [-0.15, -0.1) is 0 Å². The second-order valence-electron chi connectivity index (χ2n) is 3.39. The van der Waals surface area contributed by atoms with Crippen LogP contribution in [-0.4, -0.2) is 31.0 Å². The van der Waals surface area contributed by atoms with E-state index in [9.17, 15) is 0 Å². The zero-order chi connectivity index (χ0) is 9.80. The van der Waals surface area contributed by atoms with Crippen LogP contribution in [0.15, 0.2) is 24.3 Å². The molecule has 76 valence electrons. The maximum absolute atomic E-state index is 8.78. The number of rotatable bonds is 5. The summed E-state index contributed by atoms with van der Waals surface area (Å²) in [6.45, 7) is 1.62. The number of epoxide rings is 1. The van der Waals surface area contributed by atoms with E-state index in [0.29, 0.717) is 13.0 Å². The Kier molecular flexibility index (Phi) is 3.01. The Bertz CT molecular complexity index is 294. The van der Waals surface area contributed by atoms with Gasteiger partial charge in [0.2, 0.25) is 0 Å². The lowest BCUT2D eigenvalue weighted by atomic mass is 10.1. The van der Waals surface area contributed by atoms with Gasteiger partial charge in [-0.25, -0.2) is 0 Å². The van der Waals surface area contributed by atoms with E-state index in [1.165, 1.54) is 0 Å². The largest absolute Gasteiger partial charge is 0.491 e. The molecule has 2 rings (SSSR count). The van der Waals surface area contributed by atoms with E-state index in [1.54, 1.807) is 0 Å². The van der Waals surface area contributed by atoms with E-state index in [-0.39, 0.29) is 12.7 Å². The van der Waals surface area contributed by atoms with Gasteiger partial charge in [-0.05, 0) is 24.1 Å². The summed E-state index contributed by atoms with van der Waals surface area (Å²) in [6, 6.07) is 7.80. The lowest BCUT2D eigenvalue weighted by Crippen LogP contribution is -2.04. The normalized spacial score (nSPS) is 19.4. The molecule has 1 aliphatic heterocycles. The summed E-state index contributed by atoms with van der Waals surface area (Å²) in [6.07, 6.45) is 0.966. The van der Waals surface area contributed by atoms with Gasteiger partial charge in [0.15, 0.2) is 0 Å². The number of hydrogen-bond donors (Lipinski definition) is 1. The van der Waals surface area contributed by atoms with Gasteiger partial charge in [-0.3, -0.25) is 0 Å². The molecule has 1 fully saturated rings. The molecule has 0 aliphatic carbocycles. The molecule has 0 bridgehead atoms. The first-order valence-electron chi connectivity index (χ1n) is 4.82. The van der Waals surface area contributed by atoms with Crippen LogP contribution in [0, 0.1) is 0 Å². The third-order valence-corrected chi connectivity index (χ3v) is 2.14. The highest BCUT2D eigenvalue weighted by molar-refractivity contribution is 5.28. The monoisotopic (exact) mass is 194 g/mol. The van der Waals surface area contributed by atoms with Crippen molar-refractivity contribution in [1.29, 1.82) is 0 Å². The maximum Gasteiger partial charge on any atom is 0.119 e. The van der Waals surface area contributed by atoms with Crippen molar-refractivity contribution >= 4 is 0 Å². The first-order valence-corrected chi connectivity index (χ1v) is 4.82. The Labute approximate surface area is 83.3 Å². The van der Waals surface area contributed by atoms with Crippen molar-refractivity contribution in [3.8, 4) is 5.75 Å². The molecule has 1 N–H and O–H groups in total. The van der Waals surface area contributed by atoms with Crippen LogP contribution in [0.1, 0.15) is 5.56 Å². The quantitative estimate of drug-likeness (QED) is 0.711. The van der Waals surface area contributed by atoms with E-state index >= 15 is 0 Å². The van der Waals surface area contributed by atoms with E-state index in [1.807, 2.05) is 24.3 Å². The molecule has 1 aromatic rings. The highest BCUT2D eigenvalue weighted by Crippen LogP contribution is 2.16. The number of benzene rings is 1. The van der Waals surface area contributed by atoms with Crippen LogP contribution in [-0.2, 0) is 11.2 Å². The number of hydrogen-bond acceptors (Lipinski definition) is 3. The van der Waals surface area contributed by atoms with E-state index < -0.39 is 0 Å². The smallest absolute Gasteiger partial charge is 0.119 e. The van der Waals surface area contributed by atoms with Crippen LogP contribution in [0.3, 0.4) is 0 Å². The third kappa shape index (κ3) is 2.72. The van der Waals surface area contributed by atoms with E-state index in [0.717, 1.165) is 17.9 Å². The highest BCUT2D eigenvalue weighted by atomic mass is 16.6. The molecule has 1 aromatic carbocycles. The van der Waals surface area contributed by atoms with Gasteiger partial charge < -0.3 is 14.6 Å². The summed E-state index contributed by atoms with van der Waals surface area (Å²) < 4.78 is 10.6. The fraction of sp³-hybridized carbons (Fsp3) is 0.455. The highest BCUT2D eigenvalue weighted by Gasteiger charge is 2.22. The maximum atomic E-state index is 8.78. The van der Waals surface area contributed by atoms with E-state index in [2.05, 4.69) is 0 Å². The number of ether oxygens (including phenoxy) is 2. The summed E-state index contributed by atoms with van der Waals surface area (Å²) in [7, 11) is 0. The molecule has 0 saturated carbocycles. The minimum Gasteiger partial charge on any atom is -0.491 e. The first kappa shape index (κ1) is 9.49. The van der Waals surface area contributed by atoms with Crippen molar-refractivity contribution in [2.45, 2.75) is 12.5 Å². The van der Waals surface area contributed by atoms with Crippen LogP contribution >= 0.6 is 0 Å². The Balaban J connectivity index is 1.90. The van der Waals surface area contributed by atoms with Crippen molar-refractivity contribution in [3.05, 3.63) is 29.8 Å². The average molecular weight is 194 g/mol. The lowest BCUT2D eigenvalue weighted by molar-refractivity contribution is 0.262. The van der Waals surface area contributed by atoms with Gasteiger partial charge in [0, 0.05) is 6.61 Å². The molecule has 1 saturated heterocycles. The zero-order valence-electron chi connectivity index (χ0n) is 7.98. The summed E-state index contributed by atoms with van der Waals surface area (Å²) in [4.78, 5) is 0. The van der Waals surface area contributed by atoms with Crippen molar-refractivity contribution in [3.63, 3.8) is 0 Å². The SMILES string of the molecule is OCCc1cccc(OCC2CO2)c1. The summed E-state index contributed by atoms with van der Waals surface area (Å²) >= 11 is 0. The van der Waals surface area contributed by atoms with E-state index in [4.69, 9.17) is 14.6 Å². The van der Waals surface area contributed by atoms with Gasteiger partial charge >= 0.3 is 0 Å². The molecular formula is C11H14O3. The summed E-state index contributed by atoms with van der Waals surface area (Å²) in [5, 5.41) is 8.78. The van der Waals surface area contributed by atoms with Gasteiger partial charge in [-0.1, -0.05) is 12.1 Å². The van der Waals surface area contributed by atoms with Gasteiger partial charge in [0.25, 0.3) is 0 Å². The van der Waals surface area contributed by atoms with Crippen LogP contribution in [0.4, 0.5) is 0 Å². The van der Waals surface area contributed by atoms with Gasteiger partial charge in [0.05, 0.1) is 6.61 Å². The molecule has 0 spiro atoms.